The Bertz CT molecular complexity index is 681. The molecule has 1 heterocycles. The summed E-state index contributed by atoms with van der Waals surface area (Å²) in [7, 11) is -3.75. The fraction of sp³-hybridized carbons (Fsp3) is 0.625. The van der Waals surface area contributed by atoms with Gasteiger partial charge in [0.2, 0.25) is 10.0 Å². The minimum Gasteiger partial charge on any atom is -0.366 e. The molecule has 0 saturated carbocycles. The fourth-order valence-electron chi connectivity index (χ4n) is 2.95. The molecule has 1 fully saturated rings. The van der Waals surface area contributed by atoms with Crippen molar-refractivity contribution in [1.82, 2.24) is 4.72 Å². The molecule has 1 aromatic rings. The van der Waals surface area contributed by atoms with Crippen molar-refractivity contribution in [3.05, 3.63) is 28.3 Å². The first-order chi connectivity index (χ1) is 11.3. The van der Waals surface area contributed by atoms with E-state index in [0.29, 0.717) is 5.69 Å². The maximum atomic E-state index is 12.3. The van der Waals surface area contributed by atoms with Gasteiger partial charge in [0.05, 0.1) is 9.82 Å². The lowest BCUT2D eigenvalue weighted by Crippen LogP contribution is -2.31. The van der Waals surface area contributed by atoms with Gasteiger partial charge in [0.15, 0.2) is 0 Å². The van der Waals surface area contributed by atoms with Gasteiger partial charge in [-0.05, 0) is 38.8 Å². The van der Waals surface area contributed by atoms with Crippen LogP contribution in [-0.4, -0.2) is 32.5 Å². The first kappa shape index (κ1) is 18.7. The summed E-state index contributed by atoms with van der Waals surface area (Å²) in [5.74, 6) is 0. The summed E-state index contributed by atoms with van der Waals surface area (Å²) in [5.41, 5.74) is 0.354. The van der Waals surface area contributed by atoms with Gasteiger partial charge in [-0.3, -0.25) is 10.1 Å². The summed E-state index contributed by atoms with van der Waals surface area (Å²) < 4.78 is 27.0. The second-order valence-electron chi connectivity index (χ2n) is 6.44. The van der Waals surface area contributed by atoms with Gasteiger partial charge in [0, 0.05) is 25.2 Å². The molecule has 0 bridgehead atoms. The first-order valence-corrected chi connectivity index (χ1v) is 9.85. The van der Waals surface area contributed by atoms with E-state index in [-0.39, 0.29) is 16.6 Å². The van der Waals surface area contributed by atoms with Crippen LogP contribution in [0.25, 0.3) is 0 Å². The smallest absolute Gasteiger partial charge is 0.293 e. The Hall–Kier alpha value is -1.67. The number of sulfonamides is 1. The predicted molar refractivity (Wildman–Crippen MR) is 93.9 cm³/mol. The molecule has 0 radical (unpaired) electrons. The quantitative estimate of drug-likeness (QED) is 0.647. The van der Waals surface area contributed by atoms with Gasteiger partial charge < -0.3 is 4.90 Å². The number of benzene rings is 1. The highest BCUT2D eigenvalue weighted by Crippen LogP contribution is 2.32. The van der Waals surface area contributed by atoms with E-state index < -0.39 is 14.9 Å². The number of hydrogen-bond donors (Lipinski definition) is 1. The number of nitro benzene ring substituents is 1. The average molecular weight is 355 g/mol. The lowest BCUT2D eigenvalue weighted by Gasteiger charge is -2.26. The van der Waals surface area contributed by atoms with Crippen molar-refractivity contribution in [2.24, 2.45) is 0 Å². The van der Waals surface area contributed by atoms with Crippen LogP contribution in [0.5, 0.6) is 0 Å². The van der Waals surface area contributed by atoms with E-state index in [0.717, 1.165) is 38.8 Å². The third-order valence-corrected chi connectivity index (χ3v) is 5.70. The molecule has 2 rings (SSSR count). The van der Waals surface area contributed by atoms with Gasteiger partial charge in [-0.2, -0.15) is 0 Å². The molecule has 7 nitrogen and oxygen atoms in total. The average Bonchev–Trinajstić information content (AvgIpc) is 2.45. The van der Waals surface area contributed by atoms with Crippen molar-refractivity contribution in [2.45, 2.75) is 56.9 Å². The van der Waals surface area contributed by atoms with Crippen LogP contribution in [-0.2, 0) is 10.0 Å². The molecule has 1 aliphatic heterocycles. The molecule has 1 saturated heterocycles. The minimum atomic E-state index is -3.75. The van der Waals surface area contributed by atoms with Crippen LogP contribution < -0.4 is 9.62 Å². The topological polar surface area (TPSA) is 92.6 Å². The molecule has 24 heavy (non-hydrogen) atoms. The highest BCUT2D eigenvalue weighted by atomic mass is 32.2. The van der Waals surface area contributed by atoms with Crippen LogP contribution >= 0.6 is 0 Å². The maximum Gasteiger partial charge on any atom is 0.293 e. The zero-order chi connectivity index (χ0) is 17.7. The van der Waals surface area contributed by atoms with Gasteiger partial charge in [0.1, 0.15) is 5.69 Å². The molecule has 0 aliphatic carbocycles. The Kier molecular flexibility index (Phi) is 6.17. The second-order valence-corrected chi connectivity index (χ2v) is 8.15. The van der Waals surface area contributed by atoms with E-state index in [4.69, 9.17) is 0 Å². The van der Waals surface area contributed by atoms with Gasteiger partial charge in [-0.25, -0.2) is 13.1 Å². The van der Waals surface area contributed by atoms with Crippen LogP contribution in [0.2, 0.25) is 0 Å². The summed E-state index contributed by atoms with van der Waals surface area (Å²) in [5, 5.41) is 11.5. The molecular formula is C16H25N3O4S. The lowest BCUT2D eigenvalue weighted by atomic mass is 10.1. The summed E-state index contributed by atoms with van der Waals surface area (Å²) in [4.78, 5) is 12.9. The molecule has 0 unspecified atom stereocenters. The van der Waals surface area contributed by atoms with E-state index in [1.54, 1.807) is 19.9 Å². The summed E-state index contributed by atoms with van der Waals surface area (Å²) in [6, 6.07) is 3.90. The zero-order valence-corrected chi connectivity index (χ0v) is 15.0. The van der Waals surface area contributed by atoms with Crippen molar-refractivity contribution >= 4 is 21.4 Å². The number of nitrogens with zero attached hydrogens (tertiary/aromatic N) is 2. The monoisotopic (exact) mass is 355 g/mol. The molecule has 0 spiro atoms. The van der Waals surface area contributed by atoms with E-state index in [2.05, 4.69) is 4.72 Å². The van der Waals surface area contributed by atoms with Crippen LogP contribution in [0.1, 0.15) is 46.0 Å². The Labute approximate surface area is 143 Å². The Balaban J connectivity index is 2.38. The van der Waals surface area contributed by atoms with Crippen molar-refractivity contribution in [3.8, 4) is 0 Å². The third kappa shape index (κ3) is 4.67. The molecule has 0 atom stereocenters. The number of hydrogen-bond acceptors (Lipinski definition) is 5. The third-order valence-electron chi connectivity index (χ3n) is 4.04. The molecule has 1 aromatic carbocycles. The number of anilines is 1. The van der Waals surface area contributed by atoms with Crippen LogP contribution in [0.4, 0.5) is 11.4 Å². The first-order valence-electron chi connectivity index (χ1n) is 8.37. The molecule has 134 valence electrons. The Morgan fingerprint density at radius 2 is 1.71 bits per heavy atom. The second kappa shape index (κ2) is 7.94. The molecule has 1 N–H and O–H groups in total. The number of nitrogens with one attached hydrogen (secondary N) is 1. The summed E-state index contributed by atoms with van der Waals surface area (Å²) in [6.07, 6.45) is 5.43. The predicted octanol–water partition coefficient (Wildman–Crippen LogP) is 3.05. The van der Waals surface area contributed by atoms with E-state index in [1.165, 1.54) is 18.6 Å². The fourth-order valence-corrected chi connectivity index (χ4v) is 4.22. The molecule has 8 heteroatoms. The summed E-state index contributed by atoms with van der Waals surface area (Å²) >= 11 is 0. The van der Waals surface area contributed by atoms with Crippen molar-refractivity contribution < 1.29 is 13.3 Å². The van der Waals surface area contributed by atoms with Crippen molar-refractivity contribution in [2.75, 3.05) is 18.0 Å². The minimum absolute atomic E-state index is 0.0707. The molecule has 0 aromatic heterocycles. The number of rotatable bonds is 5. The number of nitro groups is 1. The van der Waals surface area contributed by atoms with Crippen LogP contribution in [0.15, 0.2) is 23.1 Å². The molecule has 0 amide bonds. The lowest BCUT2D eigenvalue weighted by molar-refractivity contribution is -0.384. The molecule has 1 aliphatic rings. The highest BCUT2D eigenvalue weighted by molar-refractivity contribution is 7.89. The Morgan fingerprint density at radius 3 is 2.25 bits per heavy atom. The normalized spacial score (nSPS) is 16.7. The van der Waals surface area contributed by atoms with E-state index >= 15 is 0 Å². The van der Waals surface area contributed by atoms with Gasteiger partial charge in [-0.1, -0.05) is 19.3 Å². The van der Waals surface area contributed by atoms with Crippen molar-refractivity contribution in [1.29, 1.82) is 0 Å². The summed E-state index contributed by atoms with van der Waals surface area (Å²) in [6.45, 7) is 4.94. The standard InChI is InChI=1S/C16H25N3O4S/c1-13(2)17-24(22,23)14-8-9-15(16(12-14)19(20)21)18-10-6-4-3-5-7-11-18/h8-9,12-13,17H,3-7,10-11H2,1-2H3. The van der Waals surface area contributed by atoms with E-state index in [9.17, 15) is 18.5 Å². The Morgan fingerprint density at radius 1 is 1.12 bits per heavy atom. The van der Waals surface area contributed by atoms with Crippen LogP contribution in [0, 0.1) is 10.1 Å². The highest BCUT2D eigenvalue weighted by Gasteiger charge is 2.25. The maximum absolute atomic E-state index is 12.3. The van der Waals surface area contributed by atoms with E-state index in [1.807, 2.05) is 4.90 Å². The van der Waals surface area contributed by atoms with Crippen molar-refractivity contribution in [3.63, 3.8) is 0 Å². The zero-order valence-electron chi connectivity index (χ0n) is 14.2. The molecular weight excluding hydrogens is 330 g/mol. The van der Waals surface area contributed by atoms with Gasteiger partial charge >= 0.3 is 0 Å². The SMILES string of the molecule is CC(C)NS(=O)(=O)c1ccc(N2CCCCCCC2)c([N+](=O)[O-])c1. The van der Waals surface area contributed by atoms with Gasteiger partial charge in [0.25, 0.3) is 5.69 Å². The van der Waals surface area contributed by atoms with Crippen LogP contribution in [0.3, 0.4) is 0 Å². The largest absolute Gasteiger partial charge is 0.366 e. The van der Waals surface area contributed by atoms with Gasteiger partial charge in [-0.15, -0.1) is 0 Å².